The molecule has 2 aliphatic heterocycles. The number of carbonyl (C=O) groups is 4. The van der Waals surface area contributed by atoms with E-state index in [2.05, 4.69) is 25.5 Å². The fraction of sp³-hybridized carbons (Fsp3) is 0.333. The zero-order valence-electron chi connectivity index (χ0n) is 23.1. The van der Waals surface area contributed by atoms with Crippen molar-refractivity contribution in [3.63, 3.8) is 0 Å². The molecule has 1 fully saturated rings. The van der Waals surface area contributed by atoms with Crippen molar-refractivity contribution in [2.75, 3.05) is 17.2 Å². The highest BCUT2D eigenvalue weighted by atomic mass is 32.2. The molecule has 0 bridgehead atoms. The lowest BCUT2D eigenvalue weighted by Gasteiger charge is -2.49. The normalized spacial score (nSPS) is 18.6. The number of aromatic nitrogens is 4. The van der Waals surface area contributed by atoms with Crippen LogP contribution in [0.4, 0.5) is 5.13 Å². The first kappa shape index (κ1) is 31.2. The Morgan fingerprint density at radius 1 is 1.34 bits per heavy atom. The van der Waals surface area contributed by atoms with Crippen LogP contribution in [0.1, 0.15) is 25.1 Å². The number of aliphatic hydroxyl groups is 1. The van der Waals surface area contributed by atoms with Gasteiger partial charge in [-0.2, -0.15) is 5.10 Å². The van der Waals surface area contributed by atoms with E-state index < -0.39 is 40.7 Å². The number of carbonyl (C=O) groups excluding carboxylic acids is 3. The number of nitrogens with two attached hydrogens (primary N) is 2. The third kappa shape index (κ3) is 5.80. The van der Waals surface area contributed by atoms with E-state index in [1.165, 1.54) is 48.9 Å². The van der Waals surface area contributed by atoms with Crippen LogP contribution in [0.5, 0.6) is 0 Å². The number of aliphatic hydroxyl groups excluding tert-OH is 1. The molecular weight excluding hydrogens is 637 g/mol. The van der Waals surface area contributed by atoms with Crippen LogP contribution in [-0.4, -0.2) is 92.6 Å². The van der Waals surface area contributed by atoms with Crippen LogP contribution in [0.3, 0.4) is 0 Å². The number of carboxylic acid groups (broad SMARTS) is 1. The zero-order chi connectivity index (χ0) is 31.8. The number of thiazole rings is 1. The van der Waals surface area contributed by atoms with Crippen molar-refractivity contribution >= 4 is 75.0 Å². The van der Waals surface area contributed by atoms with Crippen molar-refractivity contribution in [1.29, 1.82) is 0 Å². The molecule has 5 rings (SSSR count). The van der Waals surface area contributed by atoms with E-state index in [1.54, 1.807) is 16.8 Å². The number of hydrogen-bond donors (Lipinski definition) is 6. The maximum atomic E-state index is 13.3. The van der Waals surface area contributed by atoms with Gasteiger partial charge in [0.1, 0.15) is 27.8 Å². The number of nitrogen functional groups attached to an aromatic ring is 1. The summed E-state index contributed by atoms with van der Waals surface area (Å²) in [6.45, 7) is 2.53. The number of oxime groups is 1. The molecule has 232 valence electrons. The summed E-state index contributed by atoms with van der Waals surface area (Å²) in [5.74, 6) is 2.24. The summed E-state index contributed by atoms with van der Waals surface area (Å²) in [6, 6.07) is 0.646. The molecule has 8 N–H and O–H groups in total. The summed E-state index contributed by atoms with van der Waals surface area (Å²) in [7, 11) is 0. The van der Waals surface area contributed by atoms with Gasteiger partial charge >= 0.3 is 5.97 Å². The maximum Gasteiger partial charge on any atom is 0.352 e. The van der Waals surface area contributed by atoms with Crippen LogP contribution in [0, 0.1) is 0 Å². The smallest absolute Gasteiger partial charge is 0.352 e. The van der Waals surface area contributed by atoms with Crippen LogP contribution in [-0.2, 0) is 30.6 Å². The summed E-state index contributed by atoms with van der Waals surface area (Å²) >= 11 is 3.65. The standard InChI is InChI=1S/C24H26N10O7S3/c1-24(2,22(40)31-26)41-32-14(12-9-44-23(25)29-12)18(36)30-15-19(37)33-16(21(38)39)11(8-43-20(15)33)7-42-13-3-4-27-17-10(6-35)5-28-34(13)17/h3-5,9,15,20,35H,6-8,26H2,1-2H3,(H2,25,29)(H,30,36)(H,31,40)(H,38,39)/t15?,20-/m0/s1. The van der Waals surface area contributed by atoms with Gasteiger partial charge in [-0.15, -0.1) is 34.9 Å². The predicted molar refractivity (Wildman–Crippen MR) is 160 cm³/mol. The van der Waals surface area contributed by atoms with Gasteiger partial charge in [0.2, 0.25) is 5.60 Å². The minimum Gasteiger partial charge on any atom is -0.477 e. The van der Waals surface area contributed by atoms with Crippen molar-refractivity contribution in [1.82, 2.24) is 35.2 Å². The van der Waals surface area contributed by atoms with Gasteiger partial charge in [0.25, 0.3) is 17.7 Å². The number of rotatable bonds is 11. The van der Waals surface area contributed by atoms with Gasteiger partial charge < -0.3 is 26.1 Å². The Hall–Kier alpha value is -4.24. The van der Waals surface area contributed by atoms with Crippen molar-refractivity contribution in [3.8, 4) is 0 Å². The van der Waals surface area contributed by atoms with Crippen molar-refractivity contribution in [3.05, 3.63) is 46.4 Å². The number of nitrogens with zero attached hydrogens (tertiary/aromatic N) is 6. The fourth-order valence-corrected chi connectivity index (χ4v) is 7.28. The number of anilines is 1. The minimum atomic E-state index is -1.56. The molecule has 3 aromatic heterocycles. The molecule has 0 aromatic carbocycles. The molecule has 2 atom stereocenters. The second-order valence-electron chi connectivity index (χ2n) is 9.84. The van der Waals surface area contributed by atoms with E-state index in [1.807, 2.05) is 5.43 Å². The lowest BCUT2D eigenvalue weighted by atomic mass is 10.0. The molecule has 20 heteroatoms. The highest BCUT2D eigenvalue weighted by molar-refractivity contribution is 8.01. The second kappa shape index (κ2) is 12.4. The SMILES string of the molecule is CC(C)(ON=C(C(=O)NC1C(=O)N2C(C(=O)O)=C(CSc3ccnc4c(CO)cnn34)CS[C@@H]12)c1csc(N)n1)C(=O)NN. The van der Waals surface area contributed by atoms with E-state index in [4.69, 9.17) is 16.4 Å². The van der Waals surface area contributed by atoms with Crippen LogP contribution in [0.2, 0.25) is 0 Å². The van der Waals surface area contributed by atoms with E-state index >= 15 is 0 Å². The van der Waals surface area contributed by atoms with E-state index in [9.17, 15) is 29.4 Å². The Balaban J connectivity index is 1.33. The van der Waals surface area contributed by atoms with Gasteiger partial charge in [0, 0.05) is 28.6 Å². The summed E-state index contributed by atoms with van der Waals surface area (Å²) in [5.41, 5.74) is 7.21. The zero-order valence-corrected chi connectivity index (χ0v) is 25.5. The molecule has 17 nitrogen and oxygen atoms in total. The van der Waals surface area contributed by atoms with Gasteiger partial charge in [-0.05, 0) is 25.5 Å². The fourth-order valence-electron chi connectivity index (χ4n) is 4.28. The highest BCUT2D eigenvalue weighted by Crippen LogP contribution is 2.41. The van der Waals surface area contributed by atoms with Gasteiger partial charge in [0.15, 0.2) is 16.5 Å². The van der Waals surface area contributed by atoms with Crippen molar-refractivity contribution in [2.24, 2.45) is 11.0 Å². The Morgan fingerprint density at radius 3 is 2.77 bits per heavy atom. The van der Waals surface area contributed by atoms with Crippen molar-refractivity contribution < 1.29 is 34.2 Å². The molecule has 0 spiro atoms. The number of hydrogen-bond acceptors (Lipinski definition) is 15. The number of β-lactam (4-membered cyclic amide) rings is 1. The molecule has 0 radical (unpaired) electrons. The number of aliphatic carboxylic acids is 1. The maximum absolute atomic E-state index is 13.3. The van der Waals surface area contributed by atoms with Crippen molar-refractivity contribution in [2.45, 2.75) is 42.5 Å². The van der Waals surface area contributed by atoms with E-state index in [0.29, 0.717) is 21.8 Å². The van der Waals surface area contributed by atoms with Crippen LogP contribution < -0.4 is 22.3 Å². The number of nitrogens with one attached hydrogen (secondary N) is 2. The first-order valence-corrected chi connectivity index (χ1v) is 15.6. The Morgan fingerprint density at radius 2 is 2.11 bits per heavy atom. The minimum absolute atomic E-state index is 0.0489. The molecule has 1 unspecified atom stereocenters. The molecule has 5 heterocycles. The number of carboxylic acids is 1. The first-order chi connectivity index (χ1) is 21.0. The summed E-state index contributed by atoms with van der Waals surface area (Å²) in [4.78, 5) is 65.7. The Bertz CT molecular complexity index is 1720. The van der Waals surface area contributed by atoms with E-state index in [-0.39, 0.29) is 40.3 Å². The van der Waals surface area contributed by atoms with Gasteiger partial charge in [-0.25, -0.2) is 25.1 Å². The first-order valence-electron chi connectivity index (χ1n) is 12.7. The Kier molecular flexibility index (Phi) is 8.79. The second-order valence-corrected chi connectivity index (χ2v) is 12.8. The molecule has 0 aliphatic carbocycles. The monoisotopic (exact) mass is 662 g/mol. The molecule has 3 amide bonds. The molecular formula is C24H26N10O7S3. The average molecular weight is 663 g/mol. The molecule has 1 saturated heterocycles. The third-order valence-corrected chi connectivity index (χ3v) is 9.67. The lowest BCUT2D eigenvalue weighted by Crippen LogP contribution is -2.71. The quantitative estimate of drug-likeness (QED) is 0.0282. The molecule has 0 saturated carbocycles. The van der Waals surface area contributed by atoms with Crippen LogP contribution in [0.15, 0.2) is 45.3 Å². The molecule has 3 aromatic rings. The van der Waals surface area contributed by atoms with Crippen LogP contribution in [0.25, 0.3) is 5.65 Å². The summed E-state index contributed by atoms with van der Waals surface area (Å²) in [5, 5.41) is 31.8. The summed E-state index contributed by atoms with van der Waals surface area (Å²) < 4.78 is 1.55. The largest absolute Gasteiger partial charge is 0.477 e. The summed E-state index contributed by atoms with van der Waals surface area (Å²) in [6.07, 6.45) is 3.07. The van der Waals surface area contributed by atoms with Crippen LogP contribution >= 0.6 is 34.9 Å². The predicted octanol–water partition coefficient (Wildman–Crippen LogP) is -0.720. The van der Waals surface area contributed by atoms with Gasteiger partial charge in [-0.3, -0.25) is 24.7 Å². The molecule has 44 heavy (non-hydrogen) atoms. The Labute approximate surface area is 261 Å². The van der Waals surface area contributed by atoms with Gasteiger partial charge in [-0.1, -0.05) is 5.16 Å². The molecule has 2 aliphatic rings. The number of fused-ring (bicyclic) bond motifs is 2. The lowest BCUT2D eigenvalue weighted by molar-refractivity contribution is -0.150. The van der Waals surface area contributed by atoms with E-state index in [0.717, 1.165) is 16.2 Å². The topological polar surface area (TPSA) is 253 Å². The number of hydrazine groups is 1. The highest BCUT2D eigenvalue weighted by Gasteiger charge is 2.54. The number of amides is 3. The van der Waals surface area contributed by atoms with Gasteiger partial charge in [0.05, 0.1) is 12.8 Å². The average Bonchev–Trinajstić information content (AvgIpc) is 3.63. The third-order valence-electron chi connectivity index (χ3n) is 6.56. The number of thioether (sulfide) groups is 2.